The second kappa shape index (κ2) is 3.06. The topological polar surface area (TPSA) is 17.1 Å². The third kappa shape index (κ3) is 1.36. The number of aldehydes is 1. The van der Waals surface area contributed by atoms with Crippen molar-refractivity contribution in [3.05, 3.63) is 11.5 Å². The summed E-state index contributed by atoms with van der Waals surface area (Å²) < 4.78 is 0. The zero-order chi connectivity index (χ0) is 6.69. The molecule has 50 valence electrons. The summed E-state index contributed by atoms with van der Waals surface area (Å²) in [7, 11) is 0. The van der Waals surface area contributed by atoms with Crippen molar-refractivity contribution < 1.29 is 4.79 Å². The van der Waals surface area contributed by atoms with Gasteiger partial charge in [0, 0.05) is 11.2 Å². The van der Waals surface area contributed by atoms with E-state index in [1.807, 2.05) is 11.5 Å². The van der Waals surface area contributed by atoms with Crippen LogP contribution in [0.4, 0.5) is 0 Å². The van der Waals surface area contributed by atoms with Gasteiger partial charge in [-0.15, -0.1) is 11.8 Å². The minimum atomic E-state index is 0.181. The first-order valence-corrected chi connectivity index (χ1v) is 4.10. The molecule has 0 N–H and O–H groups in total. The van der Waals surface area contributed by atoms with E-state index in [4.69, 9.17) is 0 Å². The van der Waals surface area contributed by atoms with Crippen molar-refractivity contribution in [3.8, 4) is 0 Å². The molecular weight excluding hydrogens is 132 g/mol. The molecule has 2 heteroatoms. The van der Waals surface area contributed by atoms with Crippen LogP contribution in [0, 0.1) is 5.92 Å². The molecule has 0 saturated heterocycles. The van der Waals surface area contributed by atoms with Gasteiger partial charge in [-0.3, -0.25) is 0 Å². The summed E-state index contributed by atoms with van der Waals surface area (Å²) in [6.07, 6.45) is 4.09. The van der Waals surface area contributed by atoms with Gasteiger partial charge in [0.25, 0.3) is 0 Å². The van der Waals surface area contributed by atoms with E-state index >= 15 is 0 Å². The molecule has 0 radical (unpaired) electrons. The molecule has 0 fully saturated rings. The van der Waals surface area contributed by atoms with Gasteiger partial charge in [-0.1, -0.05) is 13.0 Å². The summed E-state index contributed by atoms with van der Waals surface area (Å²) in [6, 6.07) is 0. The fourth-order valence-electron chi connectivity index (χ4n) is 0.953. The number of carbonyl (C=O) groups is 1. The van der Waals surface area contributed by atoms with Crippen LogP contribution in [0.5, 0.6) is 0 Å². The molecule has 0 aromatic heterocycles. The van der Waals surface area contributed by atoms with E-state index in [1.54, 1.807) is 11.8 Å². The summed E-state index contributed by atoms with van der Waals surface area (Å²) in [6.45, 7) is 2.11. The maximum atomic E-state index is 10.3. The molecule has 2 atom stereocenters. The highest BCUT2D eigenvalue weighted by molar-refractivity contribution is 8.03. The molecule has 1 rings (SSSR count). The molecule has 0 amide bonds. The fourth-order valence-corrected chi connectivity index (χ4v) is 1.96. The van der Waals surface area contributed by atoms with Crippen LogP contribution in [0.3, 0.4) is 0 Å². The van der Waals surface area contributed by atoms with Crippen molar-refractivity contribution in [2.24, 2.45) is 5.92 Å². The van der Waals surface area contributed by atoms with Crippen LogP contribution in [0.25, 0.3) is 0 Å². The minimum absolute atomic E-state index is 0.181. The highest BCUT2D eigenvalue weighted by atomic mass is 32.2. The minimum Gasteiger partial charge on any atom is -0.303 e. The Labute approximate surface area is 59.5 Å². The molecule has 0 saturated carbocycles. The van der Waals surface area contributed by atoms with E-state index < -0.39 is 0 Å². The Bertz CT molecular complexity index is 131. The largest absolute Gasteiger partial charge is 0.303 e. The third-order valence-electron chi connectivity index (χ3n) is 1.54. The van der Waals surface area contributed by atoms with Crippen molar-refractivity contribution in [2.45, 2.75) is 18.6 Å². The number of hydrogen-bond donors (Lipinski definition) is 0. The van der Waals surface area contributed by atoms with Crippen LogP contribution in [0.1, 0.15) is 13.3 Å². The SMILES string of the molecule is CCC1SC=CC1C=O. The van der Waals surface area contributed by atoms with Crippen LogP contribution in [0.15, 0.2) is 11.5 Å². The van der Waals surface area contributed by atoms with E-state index in [9.17, 15) is 4.79 Å². The standard InChI is InChI=1S/C7H10OS/c1-2-7-6(5-8)3-4-9-7/h3-7H,2H2,1H3. The van der Waals surface area contributed by atoms with Gasteiger partial charge in [0.2, 0.25) is 0 Å². The second-order valence-electron chi connectivity index (χ2n) is 2.12. The van der Waals surface area contributed by atoms with Crippen molar-refractivity contribution in [3.63, 3.8) is 0 Å². The molecule has 0 bridgehead atoms. The van der Waals surface area contributed by atoms with Gasteiger partial charge in [-0.2, -0.15) is 0 Å². The average molecular weight is 142 g/mol. The summed E-state index contributed by atoms with van der Waals surface area (Å²) in [5.41, 5.74) is 0. The van der Waals surface area contributed by atoms with Gasteiger partial charge in [0.1, 0.15) is 6.29 Å². The van der Waals surface area contributed by atoms with Crippen molar-refractivity contribution in [2.75, 3.05) is 0 Å². The molecule has 1 aliphatic heterocycles. The van der Waals surface area contributed by atoms with E-state index in [0.29, 0.717) is 5.25 Å². The lowest BCUT2D eigenvalue weighted by atomic mass is 10.1. The van der Waals surface area contributed by atoms with E-state index in [2.05, 4.69) is 6.92 Å². The van der Waals surface area contributed by atoms with Crippen molar-refractivity contribution >= 4 is 18.0 Å². The lowest BCUT2D eigenvalue weighted by Gasteiger charge is -2.08. The zero-order valence-electron chi connectivity index (χ0n) is 5.41. The Morgan fingerprint density at radius 3 is 3.00 bits per heavy atom. The molecule has 0 aromatic carbocycles. The molecule has 1 nitrogen and oxygen atoms in total. The van der Waals surface area contributed by atoms with Crippen LogP contribution < -0.4 is 0 Å². The van der Waals surface area contributed by atoms with Crippen LogP contribution >= 0.6 is 11.8 Å². The van der Waals surface area contributed by atoms with E-state index in [0.717, 1.165) is 12.7 Å². The maximum absolute atomic E-state index is 10.3. The average Bonchev–Trinajstić information content (AvgIpc) is 2.33. The summed E-state index contributed by atoms with van der Waals surface area (Å²) in [5, 5.41) is 2.54. The highest BCUT2D eigenvalue weighted by Gasteiger charge is 2.20. The van der Waals surface area contributed by atoms with Crippen LogP contribution in [-0.4, -0.2) is 11.5 Å². The first kappa shape index (κ1) is 6.87. The molecular formula is C7H10OS. The Balaban J connectivity index is 2.48. The molecule has 9 heavy (non-hydrogen) atoms. The second-order valence-corrected chi connectivity index (χ2v) is 3.27. The molecule has 0 aliphatic carbocycles. The lowest BCUT2D eigenvalue weighted by molar-refractivity contribution is -0.109. The number of rotatable bonds is 2. The highest BCUT2D eigenvalue weighted by Crippen LogP contribution is 2.30. The van der Waals surface area contributed by atoms with E-state index in [1.165, 1.54) is 0 Å². The Kier molecular flexibility index (Phi) is 2.34. The molecule has 0 aromatic rings. The van der Waals surface area contributed by atoms with Crippen LogP contribution in [0.2, 0.25) is 0 Å². The molecule has 1 heterocycles. The number of allylic oxidation sites excluding steroid dienone is 1. The van der Waals surface area contributed by atoms with Gasteiger partial charge in [-0.05, 0) is 11.8 Å². The Morgan fingerprint density at radius 1 is 1.78 bits per heavy atom. The van der Waals surface area contributed by atoms with Gasteiger partial charge < -0.3 is 4.79 Å². The first-order chi connectivity index (χ1) is 4.38. The quantitative estimate of drug-likeness (QED) is 0.547. The lowest BCUT2D eigenvalue weighted by Crippen LogP contribution is -2.10. The number of thioether (sulfide) groups is 1. The number of carbonyl (C=O) groups excluding carboxylic acids is 1. The predicted octanol–water partition coefficient (Wildman–Crippen LogP) is 1.84. The van der Waals surface area contributed by atoms with Crippen molar-refractivity contribution in [1.82, 2.24) is 0 Å². The van der Waals surface area contributed by atoms with E-state index in [-0.39, 0.29) is 5.92 Å². The third-order valence-corrected chi connectivity index (χ3v) is 2.85. The van der Waals surface area contributed by atoms with Gasteiger partial charge in [0.15, 0.2) is 0 Å². The Hall–Kier alpha value is -0.240. The predicted molar refractivity (Wildman–Crippen MR) is 40.4 cm³/mol. The fraction of sp³-hybridized carbons (Fsp3) is 0.571. The first-order valence-electron chi connectivity index (χ1n) is 3.16. The smallest absolute Gasteiger partial charge is 0.127 e. The summed E-state index contributed by atoms with van der Waals surface area (Å²) >= 11 is 1.76. The zero-order valence-corrected chi connectivity index (χ0v) is 6.23. The normalized spacial score (nSPS) is 33.0. The molecule has 1 aliphatic rings. The monoisotopic (exact) mass is 142 g/mol. The molecule has 2 unspecified atom stereocenters. The Morgan fingerprint density at radius 2 is 2.56 bits per heavy atom. The maximum Gasteiger partial charge on any atom is 0.127 e. The van der Waals surface area contributed by atoms with Crippen molar-refractivity contribution in [1.29, 1.82) is 0 Å². The summed E-state index contributed by atoms with van der Waals surface area (Å²) in [4.78, 5) is 10.3. The van der Waals surface area contributed by atoms with Gasteiger partial charge in [0.05, 0.1) is 0 Å². The van der Waals surface area contributed by atoms with Crippen LogP contribution in [-0.2, 0) is 4.79 Å². The van der Waals surface area contributed by atoms with Gasteiger partial charge in [-0.25, -0.2) is 0 Å². The van der Waals surface area contributed by atoms with Gasteiger partial charge >= 0.3 is 0 Å². The number of hydrogen-bond acceptors (Lipinski definition) is 2. The summed E-state index contributed by atoms with van der Waals surface area (Å²) in [5.74, 6) is 0.181. The molecule has 0 spiro atoms.